The highest BCUT2D eigenvalue weighted by Crippen LogP contribution is 2.27. The Morgan fingerprint density at radius 1 is 1.00 bits per heavy atom. The molecule has 0 heterocycles. The quantitative estimate of drug-likeness (QED) is 0.549. The van der Waals surface area contributed by atoms with E-state index in [0.717, 1.165) is 0 Å². The summed E-state index contributed by atoms with van der Waals surface area (Å²) in [5.41, 5.74) is 0.628. The van der Waals surface area contributed by atoms with Crippen molar-refractivity contribution in [3.05, 3.63) is 23.8 Å². The second-order valence-corrected chi connectivity index (χ2v) is 3.07. The van der Waals surface area contributed by atoms with Crippen molar-refractivity contribution < 1.29 is 19.1 Å². The summed E-state index contributed by atoms with van der Waals surface area (Å²) in [6, 6.07) is 4.94. The van der Waals surface area contributed by atoms with E-state index in [1.54, 1.807) is 25.1 Å². The lowest BCUT2D eigenvalue weighted by Gasteiger charge is -2.09. The normalized spacial score (nSPS) is 9.53. The largest absolute Gasteiger partial charge is 0.426 e. The van der Waals surface area contributed by atoms with E-state index in [1.165, 1.54) is 13.8 Å². The topological polar surface area (TPSA) is 52.6 Å². The lowest BCUT2D eigenvalue weighted by atomic mass is 10.2. The van der Waals surface area contributed by atoms with E-state index in [0.29, 0.717) is 17.1 Å². The van der Waals surface area contributed by atoms with Gasteiger partial charge in [0.05, 0.1) is 0 Å². The van der Waals surface area contributed by atoms with E-state index >= 15 is 0 Å². The minimum absolute atomic E-state index is 0.404. The molecule has 15 heavy (non-hydrogen) atoms. The van der Waals surface area contributed by atoms with Crippen LogP contribution in [0.4, 0.5) is 0 Å². The van der Waals surface area contributed by atoms with Crippen molar-refractivity contribution in [2.24, 2.45) is 0 Å². The first kappa shape index (κ1) is 11.2. The summed E-state index contributed by atoms with van der Waals surface area (Å²) in [5, 5.41) is 0. The average Bonchev–Trinajstić information content (AvgIpc) is 2.10. The van der Waals surface area contributed by atoms with Crippen LogP contribution in [0, 0.1) is 6.92 Å². The van der Waals surface area contributed by atoms with Gasteiger partial charge >= 0.3 is 11.9 Å². The van der Waals surface area contributed by atoms with Gasteiger partial charge in [0.2, 0.25) is 0 Å². The number of hydrogen-bond acceptors (Lipinski definition) is 4. The van der Waals surface area contributed by atoms with Gasteiger partial charge in [0.25, 0.3) is 0 Å². The number of ether oxygens (including phenoxy) is 2. The molecule has 0 aliphatic heterocycles. The molecule has 0 saturated carbocycles. The minimum atomic E-state index is -0.405. The zero-order valence-electron chi connectivity index (χ0n) is 8.87. The summed E-state index contributed by atoms with van der Waals surface area (Å²) >= 11 is 0. The van der Waals surface area contributed by atoms with Crippen LogP contribution >= 0.6 is 0 Å². The Bertz CT molecular complexity index is 361. The molecule has 0 fully saturated rings. The molecule has 4 nitrogen and oxygen atoms in total. The fraction of sp³-hybridized carbons (Fsp3) is 0.273. The Morgan fingerprint density at radius 2 is 1.40 bits per heavy atom. The summed E-state index contributed by atoms with van der Waals surface area (Å²) in [7, 11) is 0. The lowest BCUT2D eigenvalue weighted by molar-refractivity contribution is -0.132. The van der Waals surface area contributed by atoms with Gasteiger partial charge in [0.1, 0.15) is 11.5 Å². The third kappa shape index (κ3) is 3.09. The molecule has 0 aromatic heterocycles. The zero-order valence-corrected chi connectivity index (χ0v) is 8.87. The van der Waals surface area contributed by atoms with Crippen LogP contribution in [-0.4, -0.2) is 11.9 Å². The van der Waals surface area contributed by atoms with Gasteiger partial charge in [-0.15, -0.1) is 0 Å². The Balaban J connectivity index is 2.99. The molecule has 0 unspecified atom stereocenters. The highest BCUT2D eigenvalue weighted by molar-refractivity contribution is 5.72. The van der Waals surface area contributed by atoms with Crippen molar-refractivity contribution in [2.45, 2.75) is 20.8 Å². The maximum atomic E-state index is 10.8. The van der Waals surface area contributed by atoms with Crippen molar-refractivity contribution in [3.8, 4) is 11.5 Å². The summed E-state index contributed by atoms with van der Waals surface area (Å²) in [4.78, 5) is 21.5. The molecule has 1 rings (SSSR count). The molecule has 0 aliphatic carbocycles. The Morgan fingerprint density at radius 3 is 1.73 bits per heavy atom. The minimum Gasteiger partial charge on any atom is -0.426 e. The smallest absolute Gasteiger partial charge is 0.308 e. The Labute approximate surface area is 87.8 Å². The van der Waals surface area contributed by atoms with Crippen LogP contribution in [-0.2, 0) is 9.59 Å². The number of carbonyl (C=O) groups is 2. The van der Waals surface area contributed by atoms with Crippen LogP contribution in [0.2, 0.25) is 0 Å². The van der Waals surface area contributed by atoms with Crippen molar-refractivity contribution in [1.29, 1.82) is 0 Å². The first-order chi connectivity index (χ1) is 7.00. The number of benzene rings is 1. The Kier molecular flexibility index (Phi) is 3.44. The van der Waals surface area contributed by atoms with Gasteiger partial charge in [0, 0.05) is 19.4 Å². The van der Waals surface area contributed by atoms with Crippen LogP contribution in [0.3, 0.4) is 0 Å². The maximum absolute atomic E-state index is 10.8. The zero-order chi connectivity index (χ0) is 11.4. The first-order valence-corrected chi connectivity index (χ1v) is 4.47. The molecule has 1 aromatic carbocycles. The van der Waals surface area contributed by atoms with Crippen LogP contribution in [0.5, 0.6) is 11.5 Å². The Hall–Kier alpha value is -1.84. The molecule has 0 radical (unpaired) electrons. The molecule has 0 bridgehead atoms. The van der Waals surface area contributed by atoms with Gasteiger partial charge in [-0.1, -0.05) is 6.07 Å². The molecule has 0 atom stereocenters. The van der Waals surface area contributed by atoms with E-state index in [9.17, 15) is 9.59 Å². The second kappa shape index (κ2) is 4.59. The van der Waals surface area contributed by atoms with Gasteiger partial charge in [0.15, 0.2) is 0 Å². The van der Waals surface area contributed by atoms with Gasteiger partial charge in [-0.05, 0) is 19.1 Å². The van der Waals surface area contributed by atoms with Crippen molar-refractivity contribution >= 4 is 11.9 Å². The lowest BCUT2D eigenvalue weighted by Crippen LogP contribution is -2.06. The highest BCUT2D eigenvalue weighted by atomic mass is 16.5. The van der Waals surface area contributed by atoms with Gasteiger partial charge in [-0.25, -0.2) is 0 Å². The summed E-state index contributed by atoms with van der Waals surface area (Å²) in [6.45, 7) is 4.35. The highest BCUT2D eigenvalue weighted by Gasteiger charge is 2.09. The molecule has 0 saturated heterocycles. The number of rotatable bonds is 2. The van der Waals surface area contributed by atoms with Gasteiger partial charge in [-0.2, -0.15) is 0 Å². The van der Waals surface area contributed by atoms with E-state index in [2.05, 4.69) is 0 Å². The van der Waals surface area contributed by atoms with Crippen LogP contribution in [0.25, 0.3) is 0 Å². The summed E-state index contributed by atoms with van der Waals surface area (Å²) < 4.78 is 9.87. The third-order valence-corrected chi connectivity index (χ3v) is 1.74. The van der Waals surface area contributed by atoms with Crippen molar-refractivity contribution in [1.82, 2.24) is 0 Å². The second-order valence-electron chi connectivity index (χ2n) is 3.07. The number of esters is 2. The van der Waals surface area contributed by atoms with Gasteiger partial charge in [-0.3, -0.25) is 9.59 Å². The average molecular weight is 208 g/mol. The molecule has 80 valence electrons. The van der Waals surface area contributed by atoms with Crippen molar-refractivity contribution in [3.63, 3.8) is 0 Å². The maximum Gasteiger partial charge on any atom is 0.308 e. The SMILES string of the molecule is CC(=O)Oc1cccc(OC(C)=O)c1C. The van der Waals surface area contributed by atoms with E-state index in [4.69, 9.17) is 9.47 Å². The predicted molar refractivity (Wildman–Crippen MR) is 53.8 cm³/mol. The van der Waals surface area contributed by atoms with Crippen LogP contribution in [0.1, 0.15) is 19.4 Å². The molecule has 1 aromatic rings. The van der Waals surface area contributed by atoms with E-state index < -0.39 is 11.9 Å². The number of hydrogen-bond donors (Lipinski definition) is 0. The standard InChI is InChI=1S/C11H12O4/c1-7-10(14-8(2)12)5-4-6-11(7)15-9(3)13/h4-6H,1-3H3. The van der Waals surface area contributed by atoms with Crippen molar-refractivity contribution in [2.75, 3.05) is 0 Å². The molecular weight excluding hydrogens is 196 g/mol. The molecule has 0 spiro atoms. The number of carbonyl (C=O) groups excluding carboxylic acids is 2. The molecule has 4 heteroatoms. The first-order valence-electron chi connectivity index (χ1n) is 4.47. The fourth-order valence-electron chi connectivity index (χ4n) is 1.13. The molecular formula is C11H12O4. The summed E-state index contributed by atoms with van der Waals surface area (Å²) in [5.74, 6) is -0.00125. The predicted octanol–water partition coefficient (Wildman–Crippen LogP) is 1.85. The molecule has 0 aliphatic rings. The van der Waals surface area contributed by atoms with E-state index in [1.807, 2.05) is 0 Å². The molecule has 0 amide bonds. The third-order valence-electron chi connectivity index (χ3n) is 1.74. The van der Waals surface area contributed by atoms with Gasteiger partial charge < -0.3 is 9.47 Å². The van der Waals surface area contributed by atoms with Crippen LogP contribution < -0.4 is 9.47 Å². The van der Waals surface area contributed by atoms with E-state index in [-0.39, 0.29) is 0 Å². The van der Waals surface area contributed by atoms with Crippen LogP contribution in [0.15, 0.2) is 18.2 Å². The molecule has 0 N–H and O–H groups in total. The monoisotopic (exact) mass is 208 g/mol. The fourth-order valence-corrected chi connectivity index (χ4v) is 1.13. The summed E-state index contributed by atoms with van der Waals surface area (Å²) in [6.07, 6.45) is 0.